The minimum Gasteiger partial charge on any atom is -0.469 e. The van der Waals surface area contributed by atoms with E-state index in [1.807, 2.05) is 0 Å². The number of methoxy groups -OCH3 is 2. The standard InChI is InChI=1S/C17H26O5/c1-5-10-12-8-7-9(13(12)11(6-2)22-10)15(17(19)21-4)14(8)16(18)20-3/h8-15H,5-7H2,1-4H3. The van der Waals surface area contributed by atoms with Crippen molar-refractivity contribution in [3.05, 3.63) is 0 Å². The number of rotatable bonds is 4. The van der Waals surface area contributed by atoms with Crippen LogP contribution in [0.25, 0.3) is 0 Å². The van der Waals surface area contributed by atoms with Gasteiger partial charge in [0.15, 0.2) is 0 Å². The number of esters is 2. The Morgan fingerprint density at radius 1 is 0.909 bits per heavy atom. The molecule has 2 saturated carbocycles. The fourth-order valence-corrected chi connectivity index (χ4v) is 5.61. The average Bonchev–Trinajstić information content (AvgIpc) is 3.20. The number of ether oxygens (including phenoxy) is 3. The van der Waals surface area contributed by atoms with Crippen LogP contribution in [0.1, 0.15) is 33.1 Å². The Hall–Kier alpha value is -1.10. The molecular formula is C17H26O5. The molecule has 0 aromatic heterocycles. The zero-order valence-electron chi connectivity index (χ0n) is 13.8. The van der Waals surface area contributed by atoms with Gasteiger partial charge in [-0.25, -0.2) is 0 Å². The van der Waals surface area contributed by atoms with E-state index in [1.54, 1.807) is 0 Å². The van der Waals surface area contributed by atoms with Crippen molar-refractivity contribution in [2.75, 3.05) is 14.2 Å². The summed E-state index contributed by atoms with van der Waals surface area (Å²) in [6.45, 7) is 4.27. The maximum absolute atomic E-state index is 12.3. The molecule has 0 radical (unpaired) electrons. The molecule has 1 aliphatic heterocycles. The van der Waals surface area contributed by atoms with E-state index in [4.69, 9.17) is 14.2 Å². The van der Waals surface area contributed by atoms with Crippen LogP contribution in [0.2, 0.25) is 0 Å². The topological polar surface area (TPSA) is 61.8 Å². The molecule has 0 aromatic rings. The summed E-state index contributed by atoms with van der Waals surface area (Å²) in [5.74, 6) is -0.128. The number of fused-ring (bicyclic) bond motifs is 5. The van der Waals surface area contributed by atoms with Gasteiger partial charge in [0, 0.05) is 0 Å². The van der Waals surface area contributed by atoms with E-state index < -0.39 is 0 Å². The molecule has 5 nitrogen and oxygen atoms in total. The molecule has 0 spiro atoms. The van der Waals surface area contributed by atoms with Crippen molar-refractivity contribution in [2.24, 2.45) is 35.5 Å². The normalized spacial score (nSPS) is 45.6. The second-order valence-electron chi connectivity index (χ2n) is 6.85. The van der Waals surface area contributed by atoms with E-state index in [0.29, 0.717) is 11.8 Å². The lowest BCUT2D eigenvalue weighted by Gasteiger charge is -2.36. The summed E-state index contributed by atoms with van der Waals surface area (Å²) in [5.41, 5.74) is 0. The quantitative estimate of drug-likeness (QED) is 0.744. The molecule has 2 aliphatic carbocycles. The second-order valence-corrected chi connectivity index (χ2v) is 6.85. The van der Waals surface area contributed by atoms with Crippen LogP contribution in [0.4, 0.5) is 0 Å². The van der Waals surface area contributed by atoms with Gasteiger partial charge in [-0.1, -0.05) is 13.8 Å². The van der Waals surface area contributed by atoms with Gasteiger partial charge in [-0.15, -0.1) is 0 Å². The third kappa shape index (κ3) is 2.01. The summed E-state index contributed by atoms with van der Waals surface area (Å²) in [6, 6.07) is 0. The predicted octanol–water partition coefficient (Wildman–Crippen LogP) is 2.03. The summed E-state index contributed by atoms with van der Waals surface area (Å²) < 4.78 is 16.2. The molecule has 3 aliphatic rings. The Kier molecular flexibility index (Phi) is 4.19. The van der Waals surface area contributed by atoms with E-state index in [1.165, 1.54) is 14.2 Å². The second kappa shape index (κ2) is 5.84. The number of carbonyl (C=O) groups excluding carboxylic acids is 2. The number of hydrogen-bond acceptors (Lipinski definition) is 5. The highest BCUT2D eigenvalue weighted by Crippen LogP contribution is 2.64. The van der Waals surface area contributed by atoms with Crippen LogP contribution in [0.15, 0.2) is 0 Å². The monoisotopic (exact) mass is 310 g/mol. The Labute approximate surface area is 131 Å². The van der Waals surface area contributed by atoms with Crippen molar-refractivity contribution < 1.29 is 23.8 Å². The zero-order valence-corrected chi connectivity index (χ0v) is 13.8. The Morgan fingerprint density at radius 2 is 1.32 bits per heavy atom. The predicted molar refractivity (Wildman–Crippen MR) is 78.8 cm³/mol. The Balaban J connectivity index is 1.96. The highest BCUT2D eigenvalue weighted by atomic mass is 16.5. The molecule has 2 bridgehead atoms. The van der Waals surface area contributed by atoms with E-state index in [-0.39, 0.29) is 47.8 Å². The van der Waals surface area contributed by atoms with Crippen molar-refractivity contribution in [2.45, 2.75) is 45.3 Å². The number of hydrogen-bond donors (Lipinski definition) is 0. The lowest BCUT2D eigenvalue weighted by molar-refractivity contribution is -0.162. The third-order valence-corrected chi connectivity index (χ3v) is 6.25. The Bertz CT molecular complexity index is 422. The van der Waals surface area contributed by atoms with E-state index in [0.717, 1.165) is 19.3 Å². The van der Waals surface area contributed by atoms with Gasteiger partial charge in [0.05, 0.1) is 38.3 Å². The molecule has 1 saturated heterocycles. The largest absolute Gasteiger partial charge is 0.469 e. The van der Waals surface area contributed by atoms with Gasteiger partial charge in [-0.3, -0.25) is 9.59 Å². The fourth-order valence-electron chi connectivity index (χ4n) is 5.61. The van der Waals surface area contributed by atoms with Crippen molar-refractivity contribution in [3.8, 4) is 0 Å². The highest BCUT2D eigenvalue weighted by molar-refractivity contribution is 5.84. The first kappa shape index (κ1) is 15.8. The first-order chi connectivity index (χ1) is 10.6. The zero-order chi connectivity index (χ0) is 16.0. The maximum atomic E-state index is 12.3. The lowest BCUT2D eigenvalue weighted by Crippen LogP contribution is -2.45. The van der Waals surface area contributed by atoms with Crippen LogP contribution in [0.5, 0.6) is 0 Å². The molecule has 124 valence electrons. The fraction of sp³-hybridized carbons (Fsp3) is 0.882. The first-order valence-corrected chi connectivity index (χ1v) is 8.40. The van der Waals surface area contributed by atoms with Gasteiger partial charge in [-0.05, 0) is 42.9 Å². The Morgan fingerprint density at radius 3 is 1.64 bits per heavy atom. The SMILES string of the molecule is CCC1OC(CC)C2C3CC(C(C(=O)OC)C3C(=O)OC)C12. The lowest BCUT2D eigenvalue weighted by atomic mass is 9.65. The summed E-state index contributed by atoms with van der Waals surface area (Å²) in [7, 11) is 2.80. The molecular weight excluding hydrogens is 284 g/mol. The summed E-state index contributed by atoms with van der Waals surface area (Å²) in [4.78, 5) is 24.6. The van der Waals surface area contributed by atoms with Crippen molar-refractivity contribution in [1.82, 2.24) is 0 Å². The number of carbonyl (C=O) groups is 2. The van der Waals surface area contributed by atoms with Crippen molar-refractivity contribution >= 4 is 11.9 Å². The van der Waals surface area contributed by atoms with Crippen LogP contribution in [0, 0.1) is 35.5 Å². The first-order valence-electron chi connectivity index (χ1n) is 8.40. The van der Waals surface area contributed by atoms with E-state index in [2.05, 4.69) is 13.8 Å². The van der Waals surface area contributed by atoms with Gasteiger partial charge >= 0.3 is 11.9 Å². The molecule has 8 unspecified atom stereocenters. The van der Waals surface area contributed by atoms with Crippen LogP contribution in [-0.2, 0) is 23.8 Å². The molecule has 0 N–H and O–H groups in total. The van der Waals surface area contributed by atoms with Crippen LogP contribution in [0.3, 0.4) is 0 Å². The molecule has 0 aromatic carbocycles. The van der Waals surface area contributed by atoms with Gasteiger partial charge in [-0.2, -0.15) is 0 Å². The molecule has 5 heteroatoms. The average molecular weight is 310 g/mol. The minimum atomic E-state index is -0.364. The van der Waals surface area contributed by atoms with Gasteiger partial charge < -0.3 is 14.2 Å². The van der Waals surface area contributed by atoms with Crippen molar-refractivity contribution in [1.29, 1.82) is 0 Å². The molecule has 1 heterocycles. The summed E-state index contributed by atoms with van der Waals surface area (Å²) in [6.07, 6.45) is 3.24. The van der Waals surface area contributed by atoms with Crippen LogP contribution < -0.4 is 0 Å². The summed E-state index contributed by atoms with van der Waals surface area (Å²) >= 11 is 0. The molecule has 3 rings (SSSR count). The smallest absolute Gasteiger partial charge is 0.309 e. The highest BCUT2D eigenvalue weighted by Gasteiger charge is 2.68. The molecule has 0 amide bonds. The van der Waals surface area contributed by atoms with Crippen LogP contribution in [-0.4, -0.2) is 38.4 Å². The van der Waals surface area contributed by atoms with Gasteiger partial charge in [0.2, 0.25) is 0 Å². The van der Waals surface area contributed by atoms with E-state index >= 15 is 0 Å². The van der Waals surface area contributed by atoms with Gasteiger partial charge in [0.1, 0.15) is 0 Å². The minimum absolute atomic E-state index is 0.188. The van der Waals surface area contributed by atoms with Crippen LogP contribution >= 0.6 is 0 Å². The van der Waals surface area contributed by atoms with Gasteiger partial charge in [0.25, 0.3) is 0 Å². The summed E-state index contributed by atoms with van der Waals surface area (Å²) in [5, 5.41) is 0. The molecule has 22 heavy (non-hydrogen) atoms. The third-order valence-electron chi connectivity index (χ3n) is 6.25. The molecule has 3 fully saturated rings. The molecule has 8 atom stereocenters. The van der Waals surface area contributed by atoms with E-state index in [9.17, 15) is 9.59 Å². The maximum Gasteiger partial charge on any atom is 0.309 e. The van der Waals surface area contributed by atoms with Crippen molar-refractivity contribution in [3.63, 3.8) is 0 Å².